The lowest BCUT2D eigenvalue weighted by atomic mass is 10.2. The highest BCUT2D eigenvalue weighted by atomic mass is 16.1. The molecule has 0 aliphatic carbocycles. The van der Waals surface area contributed by atoms with E-state index in [0.717, 1.165) is 0 Å². The molecule has 2 heteroatoms. The van der Waals surface area contributed by atoms with Gasteiger partial charge in [-0.25, -0.2) is 0 Å². The van der Waals surface area contributed by atoms with Crippen molar-refractivity contribution in [3.63, 3.8) is 0 Å². The fourth-order valence-corrected chi connectivity index (χ4v) is 0.351. The SMILES string of the molecule is [C]#CCCCC(N)=O. The largest absolute Gasteiger partial charge is 0.370 e. The van der Waals surface area contributed by atoms with Gasteiger partial charge in [0, 0.05) is 12.8 Å². The molecule has 0 aliphatic heterocycles. The summed E-state index contributed by atoms with van der Waals surface area (Å²) in [6.45, 7) is 0. The molecule has 0 atom stereocenters. The molecule has 0 aromatic heterocycles. The van der Waals surface area contributed by atoms with Crippen molar-refractivity contribution in [1.82, 2.24) is 0 Å². The molecule has 2 nitrogen and oxygen atoms in total. The van der Waals surface area contributed by atoms with Crippen LogP contribution in [0.3, 0.4) is 0 Å². The van der Waals surface area contributed by atoms with Gasteiger partial charge in [0.2, 0.25) is 5.91 Å². The quantitative estimate of drug-likeness (QED) is 0.410. The first-order valence-electron chi connectivity index (χ1n) is 2.45. The molecule has 0 unspecified atom stereocenters. The summed E-state index contributed by atoms with van der Waals surface area (Å²) >= 11 is 0. The Morgan fingerprint density at radius 3 is 2.75 bits per heavy atom. The summed E-state index contributed by atoms with van der Waals surface area (Å²) in [5.74, 6) is 1.86. The van der Waals surface area contributed by atoms with Gasteiger partial charge in [-0.15, -0.1) is 0 Å². The Labute approximate surface area is 49.1 Å². The third-order valence-corrected chi connectivity index (χ3v) is 0.725. The predicted octanol–water partition coefficient (Wildman–Crippen LogP) is 0.232. The Kier molecular flexibility index (Phi) is 3.69. The molecule has 0 spiro atoms. The Bertz CT molecular complexity index is 112. The van der Waals surface area contributed by atoms with Gasteiger partial charge >= 0.3 is 0 Å². The number of hydrogen-bond donors (Lipinski definition) is 1. The van der Waals surface area contributed by atoms with Gasteiger partial charge in [0.1, 0.15) is 0 Å². The molecule has 0 rings (SSSR count). The minimum atomic E-state index is -0.305. The molecule has 0 heterocycles. The summed E-state index contributed by atoms with van der Waals surface area (Å²) in [6, 6.07) is 0. The van der Waals surface area contributed by atoms with Crippen molar-refractivity contribution in [3.8, 4) is 5.92 Å². The highest BCUT2D eigenvalue weighted by Gasteiger charge is 1.89. The lowest BCUT2D eigenvalue weighted by Gasteiger charge is -1.86. The number of amides is 1. The van der Waals surface area contributed by atoms with Gasteiger partial charge in [-0.05, 0) is 12.8 Å². The number of unbranched alkanes of at least 4 members (excludes halogenated alkanes) is 1. The maximum absolute atomic E-state index is 10.0. The van der Waals surface area contributed by atoms with E-state index >= 15 is 0 Å². The van der Waals surface area contributed by atoms with Crippen LogP contribution in [0.4, 0.5) is 0 Å². The zero-order valence-electron chi connectivity index (χ0n) is 4.61. The first kappa shape index (κ1) is 7.03. The Morgan fingerprint density at radius 1 is 1.75 bits per heavy atom. The number of primary amides is 1. The minimum absolute atomic E-state index is 0.305. The van der Waals surface area contributed by atoms with Gasteiger partial charge in [-0.2, -0.15) is 0 Å². The molecule has 0 saturated carbocycles. The van der Waals surface area contributed by atoms with Gasteiger partial charge in [-0.3, -0.25) is 4.79 Å². The first-order chi connectivity index (χ1) is 3.77. The highest BCUT2D eigenvalue weighted by Crippen LogP contribution is 1.90. The van der Waals surface area contributed by atoms with E-state index in [0.29, 0.717) is 19.3 Å². The normalized spacial score (nSPS) is 7.88. The van der Waals surface area contributed by atoms with Crippen molar-refractivity contribution in [1.29, 1.82) is 0 Å². The zero-order chi connectivity index (χ0) is 6.41. The van der Waals surface area contributed by atoms with Crippen molar-refractivity contribution >= 4 is 5.91 Å². The number of hydrogen-bond acceptors (Lipinski definition) is 1. The summed E-state index contributed by atoms with van der Waals surface area (Å²) in [5.41, 5.74) is 4.81. The maximum Gasteiger partial charge on any atom is 0.217 e. The third-order valence-electron chi connectivity index (χ3n) is 0.725. The fraction of sp³-hybridized carbons (Fsp3) is 0.500. The molecule has 0 aromatic rings. The smallest absolute Gasteiger partial charge is 0.217 e. The van der Waals surface area contributed by atoms with E-state index in [9.17, 15) is 4.79 Å². The second-order valence-corrected chi connectivity index (χ2v) is 1.50. The van der Waals surface area contributed by atoms with Crippen LogP contribution in [0.2, 0.25) is 0 Å². The standard InChI is InChI=1S/C6H8NO/c1-2-3-4-5-6(7)8/h3-5H2,(H2,7,8). The summed E-state index contributed by atoms with van der Waals surface area (Å²) in [5, 5.41) is 0. The Balaban J connectivity index is 2.97. The summed E-state index contributed by atoms with van der Waals surface area (Å²) in [7, 11) is 0. The molecule has 43 valence electrons. The average molecular weight is 110 g/mol. The molecular weight excluding hydrogens is 102 g/mol. The van der Waals surface area contributed by atoms with Crippen molar-refractivity contribution in [2.24, 2.45) is 5.73 Å². The fourth-order valence-electron chi connectivity index (χ4n) is 0.351. The van der Waals surface area contributed by atoms with Gasteiger partial charge < -0.3 is 5.73 Å². The lowest BCUT2D eigenvalue weighted by molar-refractivity contribution is -0.118. The van der Waals surface area contributed by atoms with Gasteiger partial charge in [0.05, 0.1) is 0 Å². The van der Waals surface area contributed by atoms with Crippen LogP contribution in [0, 0.1) is 12.3 Å². The Hall–Kier alpha value is -0.970. The second kappa shape index (κ2) is 4.20. The van der Waals surface area contributed by atoms with Gasteiger partial charge in [0.25, 0.3) is 0 Å². The molecule has 0 aliphatic rings. The average Bonchev–Trinajstić information content (AvgIpc) is 1.66. The van der Waals surface area contributed by atoms with Crippen LogP contribution in [0.1, 0.15) is 19.3 Å². The van der Waals surface area contributed by atoms with Crippen LogP contribution < -0.4 is 5.73 Å². The molecule has 1 radical (unpaired) electrons. The van der Waals surface area contributed by atoms with E-state index in [1.165, 1.54) is 0 Å². The molecule has 0 bridgehead atoms. The summed E-state index contributed by atoms with van der Waals surface area (Å²) < 4.78 is 0. The van der Waals surface area contributed by atoms with Crippen molar-refractivity contribution in [3.05, 3.63) is 6.42 Å². The van der Waals surface area contributed by atoms with E-state index in [1.54, 1.807) is 0 Å². The van der Waals surface area contributed by atoms with E-state index in [4.69, 9.17) is 12.2 Å². The number of nitrogens with two attached hydrogens (primary N) is 1. The van der Waals surface area contributed by atoms with Crippen LogP contribution in [-0.4, -0.2) is 5.91 Å². The molecule has 0 fully saturated rings. The first-order valence-corrected chi connectivity index (χ1v) is 2.45. The highest BCUT2D eigenvalue weighted by molar-refractivity contribution is 5.73. The van der Waals surface area contributed by atoms with Crippen LogP contribution >= 0.6 is 0 Å². The van der Waals surface area contributed by atoms with E-state index in [1.807, 2.05) is 0 Å². The molecular formula is C6H8NO. The van der Waals surface area contributed by atoms with Crippen LogP contribution in [0.15, 0.2) is 0 Å². The third kappa shape index (κ3) is 5.03. The van der Waals surface area contributed by atoms with Crippen LogP contribution in [-0.2, 0) is 4.79 Å². The topological polar surface area (TPSA) is 43.1 Å². The van der Waals surface area contributed by atoms with E-state index in [2.05, 4.69) is 5.92 Å². The van der Waals surface area contributed by atoms with Gasteiger partial charge in [0.15, 0.2) is 0 Å². The molecule has 8 heavy (non-hydrogen) atoms. The molecule has 2 N–H and O–H groups in total. The van der Waals surface area contributed by atoms with E-state index < -0.39 is 0 Å². The Morgan fingerprint density at radius 2 is 2.38 bits per heavy atom. The molecule has 1 amide bonds. The van der Waals surface area contributed by atoms with Crippen molar-refractivity contribution in [2.45, 2.75) is 19.3 Å². The van der Waals surface area contributed by atoms with Crippen LogP contribution in [0.5, 0.6) is 0 Å². The molecule has 0 aromatic carbocycles. The zero-order valence-corrected chi connectivity index (χ0v) is 4.61. The van der Waals surface area contributed by atoms with Crippen molar-refractivity contribution in [2.75, 3.05) is 0 Å². The lowest BCUT2D eigenvalue weighted by Crippen LogP contribution is -2.09. The number of carbonyl (C=O) groups excluding carboxylic acids is 1. The monoisotopic (exact) mass is 110 g/mol. The van der Waals surface area contributed by atoms with Gasteiger partial charge in [-0.1, -0.05) is 5.92 Å². The summed E-state index contributed by atoms with van der Waals surface area (Å²) in [6.07, 6.45) is 7.99. The maximum atomic E-state index is 10.0. The summed E-state index contributed by atoms with van der Waals surface area (Å²) in [4.78, 5) is 10.0. The molecule has 0 saturated heterocycles. The van der Waals surface area contributed by atoms with Crippen LogP contribution in [0.25, 0.3) is 0 Å². The van der Waals surface area contributed by atoms with E-state index in [-0.39, 0.29) is 5.91 Å². The predicted molar refractivity (Wildman–Crippen MR) is 30.2 cm³/mol. The number of rotatable bonds is 3. The van der Waals surface area contributed by atoms with Crippen molar-refractivity contribution < 1.29 is 4.79 Å². The number of carbonyl (C=O) groups is 1. The second-order valence-electron chi connectivity index (χ2n) is 1.50. The minimum Gasteiger partial charge on any atom is -0.370 e.